The molecule has 22 heavy (non-hydrogen) atoms. The largest absolute Gasteiger partial charge is 0.477 e. The Morgan fingerprint density at radius 1 is 1.23 bits per heavy atom. The van der Waals surface area contributed by atoms with Gasteiger partial charge in [0.1, 0.15) is 11.3 Å². The van der Waals surface area contributed by atoms with Crippen molar-refractivity contribution in [1.29, 1.82) is 0 Å². The van der Waals surface area contributed by atoms with Crippen molar-refractivity contribution < 1.29 is 14.7 Å². The number of aromatic amines is 1. The molecule has 1 amide bonds. The Balaban J connectivity index is 2.27. The molecule has 0 unspecified atom stereocenters. The number of amides is 1. The number of pyridine rings is 1. The van der Waals surface area contributed by atoms with Crippen LogP contribution in [0.2, 0.25) is 5.02 Å². The predicted octanol–water partition coefficient (Wildman–Crippen LogP) is 2.12. The molecule has 1 aromatic carbocycles. The lowest BCUT2D eigenvalue weighted by atomic mass is 10.1. The molecule has 1 aliphatic rings. The van der Waals surface area contributed by atoms with Gasteiger partial charge in [0, 0.05) is 23.5 Å². The Hall–Kier alpha value is -2.34. The zero-order valence-electron chi connectivity index (χ0n) is 11.6. The van der Waals surface area contributed by atoms with Crippen LogP contribution in [0.4, 0.5) is 0 Å². The third-order valence-corrected chi connectivity index (χ3v) is 4.02. The smallest absolute Gasteiger partial charge is 0.342 e. The number of nitrogens with one attached hydrogen (secondary N) is 1. The summed E-state index contributed by atoms with van der Waals surface area (Å²) in [5, 5.41) is 9.92. The van der Waals surface area contributed by atoms with E-state index in [0.29, 0.717) is 23.6 Å². The Labute approximate surface area is 130 Å². The third-order valence-electron chi connectivity index (χ3n) is 3.78. The Morgan fingerprint density at radius 3 is 2.55 bits per heavy atom. The van der Waals surface area contributed by atoms with Crippen LogP contribution in [0.25, 0.3) is 10.9 Å². The molecule has 7 heteroatoms. The van der Waals surface area contributed by atoms with Gasteiger partial charge in [0.25, 0.3) is 5.91 Å². The number of aromatic carboxylic acids is 1. The number of carbonyl (C=O) groups excluding carboxylic acids is 1. The monoisotopic (exact) mass is 320 g/mol. The fourth-order valence-electron chi connectivity index (χ4n) is 2.71. The highest BCUT2D eigenvalue weighted by Crippen LogP contribution is 2.19. The van der Waals surface area contributed by atoms with E-state index in [1.807, 2.05) is 0 Å². The first kappa shape index (κ1) is 14.6. The van der Waals surface area contributed by atoms with Gasteiger partial charge in [-0.1, -0.05) is 11.6 Å². The lowest BCUT2D eigenvalue weighted by Crippen LogP contribution is -2.32. The zero-order chi connectivity index (χ0) is 15.9. The van der Waals surface area contributed by atoms with Gasteiger partial charge in [-0.2, -0.15) is 0 Å². The topological polar surface area (TPSA) is 90.5 Å². The first-order valence-corrected chi connectivity index (χ1v) is 7.25. The van der Waals surface area contributed by atoms with E-state index < -0.39 is 22.9 Å². The number of fused-ring (bicyclic) bond motifs is 1. The average Bonchev–Trinajstić information content (AvgIpc) is 2.99. The van der Waals surface area contributed by atoms with E-state index in [1.165, 1.54) is 18.2 Å². The molecule has 6 nitrogen and oxygen atoms in total. The lowest BCUT2D eigenvalue weighted by molar-refractivity contribution is 0.0678. The molecular formula is C15H13ClN2O4. The van der Waals surface area contributed by atoms with E-state index in [0.717, 1.165) is 12.8 Å². The summed E-state index contributed by atoms with van der Waals surface area (Å²) in [5.74, 6) is -1.88. The maximum absolute atomic E-state index is 12.5. The molecule has 2 N–H and O–H groups in total. The molecule has 114 valence electrons. The van der Waals surface area contributed by atoms with Crippen LogP contribution < -0.4 is 5.43 Å². The second-order valence-corrected chi connectivity index (χ2v) is 5.63. The number of aromatic nitrogens is 1. The number of halogens is 1. The van der Waals surface area contributed by atoms with Crippen molar-refractivity contribution in [2.24, 2.45) is 0 Å². The summed E-state index contributed by atoms with van der Waals surface area (Å²) in [6, 6.07) is 4.46. The van der Waals surface area contributed by atoms with Crippen molar-refractivity contribution in [3.63, 3.8) is 0 Å². The summed E-state index contributed by atoms with van der Waals surface area (Å²) < 4.78 is 0. The maximum atomic E-state index is 12.5. The van der Waals surface area contributed by atoms with Crippen molar-refractivity contribution in [2.75, 3.05) is 13.1 Å². The minimum Gasteiger partial charge on any atom is -0.477 e. The molecule has 0 aliphatic carbocycles. The molecule has 1 aliphatic heterocycles. The SMILES string of the molecule is O=C(O)c1c(C(=O)N2CCCC2)[nH]c2cc(Cl)ccc2c1=O. The zero-order valence-corrected chi connectivity index (χ0v) is 12.3. The van der Waals surface area contributed by atoms with Crippen molar-refractivity contribution in [1.82, 2.24) is 9.88 Å². The maximum Gasteiger partial charge on any atom is 0.342 e. The molecule has 1 fully saturated rings. The molecule has 0 saturated carbocycles. The van der Waals surface area contributed by atoms with Gasteiger partial charge in [0.05, 0.1) is 5.52 Å². The first-order valence-electron chi connectivity index (χ1n) is 6.87. The van der Waals surface area contributed by atoms with Gasteiger partial charge in [0.15, 0.2) is 0 Å². The summed E-state index contributed by atoms with van der Waals surface area (Å²) in [6.45, 7) is 1.13. The van der Waals surface area contributed by atoms with Gasteiger partial charge in [0.2, 0.25) is 5.43 Å². The summed E-state index contributed by atoms with van der Waals surface area (Å²) in [5.41, 5.74) is -1.04. The Morgan fingerprint density at radius 2 is 1.91 bits per heavy atom. The van der Waals surface area contributed by atoms with E-state index in [2.05, 4.69) is 4.98 Å². The van der Waals surface area contributed by atoms with Gasteiger partial charge in [-0.25, -0.2) is 4.79 Å². The normalized spacial score (nSPS) is 14.5. The minimum absolute atomic E-state index is 0.186. The van der Waals surface area contributed by atoms with Crippen molar-refractivity contribution >= 4 is 34.4 Å². The minimum atomic E-state index is -1.42. The van der Waals surface area contributed by atoms with Gasteiger partial charge >= 0.3 is 5.97 Å². The van der Waals surface area contributed by atoms with Crippen LogP contribution in [0.3, 0.4) is 0 Å². The number of carboxylic acid groups (broad SMARTS) is 1. The van der Waals surface area contributed by atoms with Crippen LogP contribution in [0.15, 0.2) is 23.0 Å². The Bertz CT molecular complexity index is 837. The van der Waals surface area contributed by atoms with Gasteiger partial charge in [-0.15, -0.1) is 0 Å². The summed E-state index contributed by atoms with van der Waals surface area (Å²) in [7, 11) is 0. The van der Waals surface area contributed by atoms with Crippen molar-refractivity contribution in [3.05, 3.63) is 44.7 Å². The van der Waals surface area contributed by atoms with Crippen molar-refractivity contribution in [3.8, 4) is 0 Å². The number of hydrogen-bond donors (Lipinski definition) is 2. The Kier molecular flexibility index (Phi) is 3.62. The molecule has 0 atom stereocenters. The van der Waals surface area contributed by atoms with Crippen LogP contribution in [0.5, 0.6) is 0 Å². The molecule has 1 aromatic heterocycles. The average molecular weight is 321 g/mol. The molecule has 2 heterocycles. The lowest BCUT2D eigenvalue weighted by Gasteiger charge is -2.16. The second-order valence-electron chi connectivity index (χ2n) is 5.20. The van der Waals surface area contributed by atoms with E-state index in [4.69, 9.17) is 11.6 Å². The number of rotatable bonds is 2. The first-order chi connectivity index (χ1) is 10.5. The number of likely N-dealkylation sites (tertiary alicyclic amines) is 1. The number of carboxylic acids is 1. The summed E-state index contributed by atoms with van der Waals surface area (Å²) >= 11 is 5.90. The van der Waals surface area contributed by atoms with E-state index >= 15 is 0 Å². The molecular weight excluding hydrogens is 308 g/mol. The van der Waals surface area contributed by atoms with E-state index in [9.17, 15) is 19.5 Å². The fraction of sp³-hybridized carbons (Fsp3) is 0.267. The summed E-state index contributed by atoms with van der Waals surface area (Å²) in [6.07, 6.45) is 1.75. The second kappa shape index (κ2) is 5.46. The molecule has 0 bridgehead atoms. The van der Waals surface area contributed by atoms with Gasteiger partial charge < -0.3 is 15.0 Å². The van der Waals surface area contributed by atoms with Crippen LogP contribution >= 0.6 is 11.6 Å². The molecule has 2 aromatic rings. The molecule has 3 rings (SSSR count). The van der Waals surface area contributed by atoms with Crippen LogP contribution in [0, 0.1) is 0 Å². The quantitative estimate of drug-likeness (QED) is 0.886. The van der Waals surface area contributed by atoms with Crippen LogP contribution in [0.1, 0.15) is 33.7 Å². The highest BCUT2D eigenvalue weighted by Gasteiger charge is 2.28. The third kappa shape index (κ3) is 2.35. The summed E-state index contributed by atoms with van der Waals surface area (Å²) in [4.78, 5) is 40.7. The van der Waals surface area contributed by atoms with E-state index in [1.54, 1.807) is 4.90 Å². The number of nitrogens with zero attached hydrogens (tertiary/aromatic N) is 1. The number of carbonyl (C=O) groups is 2. The van der Waals surface area contributed by atoms with Crippen LogP contribution in [-0.2, 0) is 0 Å². The molecule has 1 saturated heterocycles. The predicted molar refractivity (Wildman–Crippen MR) is 81.7 cm³/mol. The fourth-order valence-corrected chi connectivity index (χ4v) is 2.88. The number of benzene rings is 1. The van der Waals surface area contributed by atoms with Crippen molar-refractivity contribution in [2.45, 2.75) is 12.8 Å². The standard InChI is InChI=1S/C15H13ClN2O4/c16-8-3-4-9-10(7-8)17-12(11(13(9)19)15(21)22)14(20)18-5-1-2-6-18/h3-4,7H,1-2,5-6H2,(H,17,19)(H,21,22). The number of hydrogen-bond acceptors (Lipinski definition) is 3. The number of H-pyrrole nitrogens is 1. The van der Waals surface area contributed by atoms with E-state index in [-0.39, 0.29) is 11.1 Å². The van der Waals surface area contributed by atoms with Gasteiger partial charge in [-0.05, 0) is 31.0 Å². The molecule has 0 spiro atoms. The highest BCUT2D eigenvalue weighted by atomic mass is 35.5. The molecule has 0 radical (unpaired) electrons. The van der Waals surface area contributed by atoms with Crippen LogP contribution in [-0.4, -0.2) is 40.0 Å². The van der Waals surface area contributed by atoms with Gasteiger partial charge in [-0.3, -0.25) is 9.59 Å². The highest BCUT2D eigenvalue weighted by molar-refractivity contribution is 6.31.